The predicted octanol–water partition coefficient (Wildman–Crippen LogP) is 3.78. The first-order valence-electron chi connectivity index (χ1n) is 5.63. The zero-order valence-corrected chi connectivity index (χ0v) is 12.6. The van der Waals surface area contributed by atoms with E-state index in [2.05, 4.69) is 59.3 Å². The summed E-state index contributed by atoms with van der Waals surface area (Å²) < 4.78 is 3.03. The Labute approximate surface area is 96.2 Å². The van der Waals surface area contributed by atoms with Gasteiger partial charge in [0.1, 0.15) is 0 Å². The van der Waals surface area contributed by atoms with Crippen LogP contribution in [-0.2, 0) is 0 Å². The van der Waals surface area contributed by atoms with Crippen molar-refractivity contribution < 1.29 is 0 Å². The van der Waals surface area contributed by atoms with E-state index >= 15 is 0 Å². The van der Waals surface area contributed by atoms with Gasteiger partial charge >= 0.3 is 96.4 Å². The Bertz CT molecular complexity index is 471. The quantitative estimate of drug-likeness (QED) is 0.741. The molecular weight excluding hydrogens is 287 g/mol. The maximum atomic E-state index is 2.51. The molecule has 0 saturated carbocycles. The Morgan fingerprint density at radius 2 is 1.60 bits per heavy atom. The van der Waals surface area contributed by atoms with Crippen LogP contribution in [0.25, 0.3) is 10.8 Å². The first kappa shape index (κ1) is 11.0. The average molecular weight is 305 g/mol. The van der Waals surface area contributed by atoms with Crippen molar-refractivity contribution in [2.45, 2.75) is 21.2 Å². The summed E-state index contributed by atoms with van der Waals surface area (Å²) in [6, 6.07) is 15.7. The molecule has 0 heterocycles. The minimum atomic E-state index is -1.91. The summed E-state index contributed by atoms with van der Waals surface area (Å²) in [7, 11) is 0. The molecule has 0 fully saturated rings. The Morgan fingerprint density at radius 3 is 2.27 bits per heavy atom. The molecule has 0 aliphatic heterocycles. The van der Waals surface area contributed by atoms with Crippen LogP contribution in [0.15, 0.2) is 42.5 Å². The van der Waals surface area contributed by atoms with Gasteiger partial charge in [-0.15, -0.1) is 0 Å². The molecule has 0 aliphatic carbocycles. The Kier molecular flexibility index (Phi) is 3.05. The van der Waals surface area contributed by atoms with Crippen LogP contribution in [0.2, 0.25) is 14.3 Å². The summed E-state index contributed by atoms with van der Waals surface area (Å²) >= 11 is -1.91. The number of benzene rings is 2. The fraction of sp³-hybridized carbons (Fsp3) is 0.286. The van der Waals surface area contributed by atoms with E-state index in [9.17, 15) is 0 Å². The number of hydrogen-bond acceptors (Lipinski definition) is 0. The maximum absolute atomic E-state index is 2.51. The third-order valence-corrected chi connectivity index (χ3v) is 13.8. The molecule has 0 saturated heterocycles. The molecule has 0 amide bonds. The molecule has 0 bridgehead atoms. The van der Waals surface area contributed by atoms with Crippen LogP contribution in [0.4, 0.5) is 0 Å². The molecule has 15 heavy (non-hydrogen) atoms. The Balaban J connectivity index is 2.56. The summed E-state index contributed by atoms with van der Waals surface area (Å²) in [6.45, 7) is 2.34. The van der Waals surface area contributed by atoms with Crippen molar-refractivity contribution >= 4 is 32.7 Å². The summed E-state index contributed by atoms with van der Waals surface area (Å²) in [5.74, 6) is 0. The summed E-state index contributed by atoms with van der Waals surface area (Å²) in [5, 5.41) is 2.76. The van der Waals surface area contributed by atoms with Crippen LogP contribution < -0.4 is 3.58 Å². The van der Waals surface area contributed by atoms with Crippen LogP contribution in [0.1, 0.15) is 6.92 Å². The van der Waals surface area contributed by atoms with Crippen molar-refractivity contribution in [1.29, 1.82) is 0 Å². The Hall–Kier alpha value is -0.501. The monoisotopic (exact) mass is 306 g/mol. The molecule has 0 spiro atoms. The standard InChI is InChI=1S/C10H7.C2H5.2CH3.Sn/c1-2-6-10-8-4-3-7-9(10)5-1;1-2;;;/h1-3,5-8H;1H2,2H3;2*1H3;. The SMILES string of the molecule is C[CH2][Sn]([CH3])([CH3])[c]1ccc2ccccc2c1. The molecule has 0 atom stereocenters. The van der Waals surface area contributed by atoms with E-state index < -0.39 is 18.4 Å². The van der Waals surface area contributed by atoms with Gasteiger partial charge in [0.2, 0.25) is 0 Å². The van der Waals surface area contributed by atoms with Crippen molar-refractivity contribution in [2.75, 3.05) is 0 Å². The molecule has 0 radical (unpaired) electrons. The van der Waals surface area contributed by atoms with E-state index in [1.165, 1.54) is 15.2 Å². The number of rotatable bonds is 2. The fourth-order valence-electron chi connectivity index (χ4n) is 1.81. The zero-order chi connectivity index (χ0) is 10.9. The van der Waals surface area contributed by atoms with Crippen molar-refractivity contribution in [3.63, 3.8) is 0 Å². The third kappa shape index (κ3) is 2.20. The van der Waals surface area contributed by atoms with E-state index in [4.69, 9.17) is 0 Å². The van der Waals surface area contributed by atoms with E-state index in [1.807, 2.05) is 0 Å². The second kappa shape index (κ2) is 4.17. The van der Waals surface area contributed by atoms with Crippen molar-refractivity contribution in [3.8, 4) is 0 Å². The van der Waals surface area contributed by atoms with Gasteiger partial charge < -0.3 is 0 Å². The fourth-order valence-corrected chi connectivity index (χ4v) is 6.06. The minimum absolute atomic E-state index is 1.36. The topological polar surface area (TPSA) is 0 Å². The Morgan fingerprint density at radius 1 is 0.933 bits per heavy atom. The first-order chi connectivity index (χ1) is 7.13. The van der Waals surface area contributed by atoms with Crippen LogP contribution in [0, 0.1) is 0 Å². The molecule has 2 rings (SSSR count). The van der Waals surface area contributed by atoms with Gasteiger partial charge in [0.25, 0.3) is 0 Å². The van der Waals surface area contributed by atoms with Crippen molar-refractivity contribution in [2.24, 2.45) is 0 Å². The molecule has 1 heteroatoms. The van der Waals surface area contributed by atoms with Crippen LogP contribution in [0.3, 0.4) is 0 Å². The summed E-state index contributed by atoms with van der Waals surface area (Å²) in [5.41, 5.74) is 0. The van der Waals surface area contributed by atoms with Crippen molar-refractivity contribution in [3.05, 3.63) is 42.5 Å². The van der Waals surface area contributed by atoms with E-state index in [0.717, 1.165) is 0 Å². The molecule has 0 aliphatic rings. The molecular formula is C14H18Sn. The number of fused-ring (bicyclic) bond motifs is 1. The summed E-state index contributed by atoms with van der Waals surface area (Å²) in [6.07, 6.45) is 0. The number of hydrogen-bond donors (Lipinski definition) is 0. The van der Waals surface area contributed by atoms with E-state index in [0.29, 0.717) is 0 Å². The molecule has 0 unspecified atom stereocenters. The van der Waals surface area contributed by atoms with Gasteiger partial charge in [0.15, 0.2) is 0 Å². The molecule has 2 aromatic rings. The molecule has 2 aromatic carbocycles. The van der Waals surface area contributed by atoms with Gasteiger partial charge in [-0.2, -0.15) is 0 Å². The van der Waals surface area contributed by atoms with Gasteiger partial charge in [-0.25, -0.2) is 0 Å². The van der Waals surface area contributed by atoms with Crippen molar-refractivity contribution in [1.82, 2.24) is 0 Å². The molecule has 0 nitrogen and oxygen atoms in total. The van der Waals surface area contributed by atoms with Crippen LogP contribution in [0.5, 0.6) is 0 Å². The summed E-state index contributed by atoms with van der Waals surface area (Å²) in [4.78, 5) is 5.03. The average Bonchev–Trinajstić information content (AvgIpc) is 2.28. The molecule has 0 aromatic heterocycles. The van der Waals surface area contributed by atoms with Crippen LogP contribution >= 0.6 is 0 Å². The second-order valence-electron chi connectivity index (χ2n) is 4.80. The van der Waals surface area contributed by atoms with Gasteiger partial charge in [-0.1, -0.05) is 0 Å². The normalized spacial score (nSPS) is 11.9. The van der Waals surface area contributed by atoms with Crippen LogP contribution in [-0.4, -0.2) is 18.4 Å². The van der Waals surface area contributed by atoms with E-state index in [-0.39, 0.29) is 0 Å². The van der Waals surface area contributed by atoms with E-state index in [1.54, 1.807) is 3.58 Å². The van der Waals surface area contributed by atoms with Gasteiger partial charge in [0, 0.05) is 0 Å². The second-order valence-corrected chi connectivity index (χ2v) is 19.2. The predicted molar refractivity (Wildman–Crippen MR) is 71.5 cm³/mol. The third-order valence-electron chi connectivity index (χ3n) is 3.41. The van der Waals surface area contributed by atoms with Gasteiger partial charge in [-0.3, -0.25) is 0 Å². The first-order valence-corrected chi connectivity index (χ1v) is 14.8. The van der Waals surface area contributed by atoms with Gasteiger partial charge in [0.05, 0.1) is 0 Å². The molecule has 0 N–H and O–H groups in total. The van der Waals surface area contributed by atoms with Gasteiger partial charge in [-0.05, 0) is 0 Å². The molecule has 78 valence electrons. The zero-order valence-electron chi connectivity index (χ0n) is 9.75.